The number of nitrogens with two attached hydrogens (primary N) is 1. The number of carbonyl (C=O) groups is 1. The average Bonchev–Trinajstić information content (AvgIpc) is 2.75. The van der Waals surface area contributed by atoms with Crippen molar-refractivity contribution in [2.75, 3.05) is 6.54 Å². The van der Waals surface area contributed by atoms with Crippen molar-refractivity contribution >= 4 is 5.91 Å². The summed E-state index contributed by atoms with van der Waals surface area (Å²) >= 11 is 0. The van der Waals surface area contributed by atoms with Gasteiger partial charge in [0.2, 0.25) is 5.91 Å². The van der Waals surface area contributed by atoms with Crippen LogP contribution in [0.25, 0.3) is 0 Å². The topological polar surface area (TPSA) is 77.0 Å². The molecule has 0 saturated heterocycles. The standard InChI is InChI=1S/C11H19N5O/c1-8(2)9(12)5-11(17)15-3-4-16-7-13-14-10(16)6-15/h7-9H,3-6,12H2,1-2H3. The second kappa shape index (κ2) is 4.83. The molecule has 1 atom stereocenters. The maximum absolute atomic E-state index is 12.0. The monoisotopic (exact) mass is 237 g/mol. The van der Waals surface area contributed by atoms with Crippen LogP contribution in [0.1, 0.15) is 26.1 Å². The van der Waals surface area contributed by atoms with Gasteiger partial charge in [0.1, 0.15) is 6.33 Å². The van der Waals surface area contributed by atoms with E-state index in [2.05, 4.69) is 10.2 Å². The van der Waals surface area contributed by atoms with Gasteiger partial charge in [0.05, 0.1) is 6.54 Å². The van der Waals surface area contributed by atoms with Crippen molar-refractivity contribution in [3.8, 4) is 0 Å². The van der Waals surface area contributed by atoms with Crippen LogP contribution in [0.3, 0.4) is 0 Å². The number of hydrogen-bond donors (Lipinski definition) is 1. The molecule has 17 heavy (non-hydrogen) atoms. The summed E-state index contributed by atoms with van der Waals surface area (Å²) in [5.74, 6) is 1.29. The Morgan fingerprint density at radius 3 is 3.00 bits per heavy atom. The van der Waals surface area contributed by atoms with Crippen molar-refractivity contribution in [2.24, 2.45) is 11.7 Å². The fourth-order valence-electron chi connectivity index (χ4n) is 1.85. The van der Waals surface area contributed by atoms with Gasteiger partial charge in [-0.05, 0) is 5.92 Å². The van der Waals surface area contributed by atoms with Crippen LogP contribution < -0.4 is 5.73 Å². The molecule has 1 unspecified atom stereocenters. The molecule has 0 bridgehead atoms. The summed E-state index contributed by atoms with van der Waals surface area (Å²) in [7, 11) is 0. The van der Waals surface area contributed by atoms with Crippen molar-refractivity contribution < 1.29 is 4.79 Å². The summed E-state index contributed by atoms with van der Waals surface area (Å²) in [5, 5.41) is 7.83. The van der Waals surface area contributed by atoms with Crippen LogP contribution in [-0.2, 0) is 17.9 Å². The van der Waals surface area contributed by atoms with Gasteiger partial charge < -0.3 is 15.2 Å². The Morgan fingerprint density at radius 2 is 2.29 bits per heavy atom. The highest BCUT2D eigenvalue weighted by molar-refractivity contribution is 5.76. The molecule has 1 aromatic heterocycles. The Labute approximate surface area is 101 Å². The van der Waals surface area contributed by atoms with Gasteiger partial charge >= 0.3 is 0 Å². The minimum Gasteiger partial charge on any atom is -0.333 e. The molecule has 2 rings (SSSR count). The highest BCUT2D eigenvalue weighted by atomic mass is 16.2. The number of amides is 1. The van der Waals surface area contributed by atoms with Crippen LogP contribution in [0.15, 0.2) is 6.33 Å². The van der Waals surface area contributed by atoms with Crippen LogP contribution in [-0.4, -0.2) is 38.2 Å². The van der Waals surface area contributed by atoms with E-state index in [1.165, 1.54) is 0 Å². The minimum atomic E-state index is -0.0673. The molecular weight excluding hydrogens is 218 g/mol. The molecule has 94 valence electrons. The molecule has 1 aliphatic rings. The lowest BCUT2D eigenvalue weighted by molar-refractivity contribution is -0.133. The third kappa shape index (κ3) is 2.63. The molecule has 0 saturated carbocycles. The van der Waals surface area contributed by atoms with E-state index in [9.17, 15) is 4.79 Å². The zero-order valence-electron chi connectivity index (χ0n) is 10.3. The van der Waals surface area contributed by atoms with Crippen molar-refractivity contribution in [2.45, 2.75) is 39.4 Å². The van der Waals surface area contributed by atoms with Crippen LogP contribution in [0, 0.1) is 5.92 Å². The first-order valence-electron chi connectivity index (χ1n) is 5.98. The van der Waals surface area contributed by atoms with Gasteiger partial charge in [-0.15, -0.1) is 10.2 Å². The lowest BCUT2D eigenvalue weighted by Crippen LogP contribution is -2.41. The van der Waals surface area contributed by atoms with Gasteiger partial charge in [0.15, 0.2) is 5.82 Å². The van der Waals surface area contributed by atoms with E-state index < -0.39 is 0 Å². The fourth-order valence-corrected chi connectivity index (χ4v) is 1.85. The summed E-state index contributed by atoms with van der Waals surface area (Å²) in [5.41, 5.74) is 5.92. The lowest BCUT2D eigenvalue weighted by Gasteiger charge is -2.28. The van der Waals surface area contributed by atoms with E-state index >= 15 is 0 Å². The molecule has 2 heterocycles. The molecule has 1 aromatic rings. The molecule has 2 N–H and O–H groups in total. The summed E-state index contributed by atoms with van der Waals surface area (Å²) in [4.78, 5) is 13.8. The second-order valence-corrected chi connectivity index (χ2v) is 4.87. The summed E-state index contributed by atoms with van der Waals surface area (Å²) < 4.78 is 1.98. The SMILES string of the molecule is CC(C)C(N)CC(=O)N1CCn2cnnc2C1. The number of aromatic nitrogens is 3. The van der Waals surface area contributed by atoms with Crippen molar-refractivity contribution in [1.29, 1.82) is 0 Å². The Balaban J connectivity index is 1.94. The number of nitrogens with zero attached hydrogens (tertiary/aromatic N) is 4. The number of hydrogen-bond acceptors (Lipinski definition) is 4. The molecule has 0 fully saturated rings. The van der Waals surface area contributed by atoms with Crippen LogP contribution >= 0.6 is 0 Å². The molecule has 0 spiro atoms. The van der Waals surface area contributed by atoms with Crippen molar-refractivity contribution in [3.05, 3.63) is 12.2 Å². The Hall–Kier alpha value is -1.43. The maximum Gasteiger partial charge on any atom is 0.224 e. The predicted molar refractivity (Wildman–Crippen MR) is 62.9 cm³/mol. The highest BCUT2D eigenvalue weighted by Gasteiger charge is 2.23. The molecule has 6 nitrogen and oxygen atoms in total. The lowest BCUT2D eigenvalue weighted by atomic mass is 10.0. The molecule has 0 aromatic carbocycles. The molecular formula is C11H19N5O. The molecule has 6 heteroatoms. The summed E-state index contributed by atoms with van der Waals surface area (Å²) in [6, 6.07) is -0.0673. The molecule has 0 aliphatic carbocycles. The van der Waals surface area contributed by atoms with Gasteiger partial charge in [-0.3, -0.25) is 4.79 Å². The van der Waals surface area contributed by atoms with Crippen LogP contribution in [0.5, 0.6) is 0 Å². The highest BCUT2D eigenvalue weighted by Crippen LogP contribution is 2.12. The number of fused-ring (bicyclic) bond motifs is 1. The Kier molecular flexibility index (Phi) is 3.42. The summed E-state index contributed by atoms with van der Waals surface area (Å²) in [6.45, 7) is 6.10. The van der Waals surface area contributed by atoms with E-state index in [4.69, 9.17) is 5.73 Å². The van der Waals surface area contributed by atoms with Gasteiger partial charge in [-0.1, -0.05) is 13.8 Å². The zero-order valence-corrected chi connectivity index (χ0v) is 10.3. The van der Waals surface area contributed by atoms with E-state index in [1.54, 1.807) is 6.33 Å². The van der Waals surface area contributed by atoms with Crippen molar-refractivity contribution in [1.82, 2.24) is 19.7 Å². The van der Waals surface area contributed by atoms with Gasteiger partial charge in [-0.25, -0.2) is 0 Å². The Bertz CT molecular complexity index is 400. The van der Waals surface area contributed by atoms with Crippen LogP contribution in [0.4, 0.5) is 0 Å². The average molecular weight is 237 g/mol. The molecule has 0 radical (unpaired) electrons. The predicted octanol–water partition coefficient (Wildman–Crippen LogP) is -0.00630. The number of carbonyl (C=O) groups excluding carboxylic acids is 1. The van der Waals surface area contributed by atoms with Gasteiger partial charge in [0, 0.05) is 25.6 Å². The third-order valence-electron chi connectivity index (χ3n) is 3.26. The minimum absolute atomic E-state index is 0.0673. The first kappa shape index (κ1) is 12.0. The second-order valence-electron chi connectivity index (χ2n) is 4.87. The first-order chi connectivity index (χ1) is 8.08. The van der Waals surface area contributed by atoms with E-state index in [0.717, 1.165) is 12.4 Å². The zero-order chi connectivity index (χ0) is 12.4. The molecule has 1 aliphatic heterocycles. The smallest absolute Gasteiger partial charge is 0.224 e. The largest absolute Gasteiger partial charge is 0.333 e. The molecule has 1 amide bonds. The van der Waals surface area contributed by atoms with Crippen molar-refractivity contribution in [3.63, 3.8) is 0 Å². The Morgan fingerprint density at radius 1 is 1.53 bits per heavy atom. The fraction of sp³-hybridized carbons (Fsp3) is 0.727. The van der Waals surface area contributed by atoms with Gasteiger partial charge in [0.25, 0.3) is 0 Å². The summed E-state index contributed by atoms with van der Waals surface area (Å²) in [6.07, 6.45) is 2.11. The third-order valence-corrected chi connectivity index (χ3v) is 3.26. The maximum atomic E-state index is 12.0. The van der Waals surface area contributed by atoms with Gasteiger partial charge in [-0.2, -0.15) is 0 Å². The number of rotatable bonds is 3. The van der Waals surface area contributed by atoms with E-state index in [0.29, 0.717) is 25.4 Å². The first-order valence-corrected chi connectivity index (χ1v) is 5.98. The normalized spacial score (nSPS) is 17.1. The van der Waals surface area contributed by atoms with Crippen LogP contribution in [0.2, 0.25) is 0 Å². The van der Waals surface area contributed by atoms with E-state index in [1.807, 2.05) is 23.3 Å². The quantitative estimate of drug-likeness (QED) is 0.802. The van der Waals surface area contributed by atoms with E-state index in [-0.39, 0.29) is 11.9 Å².